The number of halogens is 2. The van der Waals surface area contributed by atoms with Gasteiger partial charge in [0.15, 0.2) is 0 Å². The molecule has 0 unspecified atom stereocenters. The average molecular weight is 328 g/mol. The minimum Gasteiger partial charge on any atom is -0.387 e. The van der Waals surface area contributed by atoms with Crippen molar-refractivity contribution in [2.24, 2.45) is 0 Å². The number of carbonyl (C=O) groups excluding carboxylic acids is 1. The molecule has 2 rings (SSSR count). The van der Waals surface area contributed by atoms with E-state index in [2.05, 4.69) is 10.4 Å². The summed E-state index contributed by atoms with van der Waals surface area (Å²) in [6.45, 7) is 2.07. The van der Waals surface area contributed by atoms with Crippen molar-refractivity contribution >= 4 is 29.1 Å². The summed E-state index contributed by atoms with van der Waals surface area (Å²) in [6, 6.07) is 4.83. The van der Waals surface area contributed by atoms with Crippen LogP contribution in [0.15, 0.2) is 30.6 Å². The van der Waals surface area contributed by atoms with Crippen LogP contribution in [-0.2, 0) is 11.3 Å². The van der Waals surface area contributed by atoms with Crippen LogP contribution >= 0.6 is 23.2 Å². The molecule has 0 bridgehead atoms. The number of aryl methyl sites for hydroxylation is 1. The normalized spacial score (nSPS) is 12.2. The Bertz CT molecular complexity index is 643. The van der Waals surface area contributed by atoms with Crippen LogP contribution in [0.1, 0.15) is 17.2 Å². The lowest BCUT2D eigenvalue weighted by Crippen LogP contribution is -2.31. The molecule has 0 saturated carbocycles. The summed E-state index contributed by atoms with van der Waals surface area (Å²) in [5, 5.41) is 17.6. The Labute approximate surface area is 132 Å². The molecule has 5 nitrogen and oxygen atoms in total. The van der Waals surface area contributed by atoms with Crippen molar-refractivity contribution in [3.63, 3.8) is 0 Å². The minimum atomic E-state index is -0.891. The van der Waals surface area contributed by atoms with Crippen LogP contribution in [0.25, 0.3) is 0 Å². The van der Waals surface area contributed by atoms with E-state index in [1.54, 1.807) is 30.6 Å². The number of aromatic nitrogens is 2. The molecule has 0 radical (unpaired) electrons. The molecular weight excluding hydrogens is 313 g/mol. The summed E-state index contributed by atoms with van der Waals surface area (Å²) >= 11 is 11.8. The highest BCUT2D eigenvalue weighted by molar-refractivity contribution is 6.35. The van der Waals surface area contributed by atoms with E-state index in [-0.39, 0.29) is 19.0 Å². The monoisotopic (exact) mass is 327 g/mol. The summed E-state index contributed by atoms with van der Waals surface area (Å²) in [5.41, 5.74) is 1.51. The number of nitrogens with one attached hydrogen (secondary N) is 1. The molecule has 1 aromatic carbocycles. The van der Waals surface area contributed by atoms with Crippen molar-refractivity contribution in [2.75, 3.05) is 6.54 Å². The van der Waals surface area contributed by atoms with E-state index in [9.17, 15) is 9.90 Å². The molecule has 0 aliphatic heterocycles. The molecule has 0 aliphatic rings. The quantitative estimate of drug-likeness (QED) is 0.885. The Balaban J connectivity index is 1.88. The number of carbonyl (C=O) groups is 1. The summed E-state index contributed by atoms with van der Waals surface area (Å²) < 4.78 is 1.53. The maximum absolute atomic E-state index is 11.8. The standard InChI is InChI=1S/C14H15Cl2N3O2/c1-9-5-18-19(7-9)8-14(21)17-6-13(20)11-3-2-10(15)4-12(11)16/h2-5,7,13,20H,6,8H2,1H3,(H,17,21)/t13-/m0/s1. The molecule has 1 heterocycles. The maximum Gasteiger partial charge on any atom is 0.241 e. The number of benzene rings is 1. The molecule has 1 aromatic heterocycles. The molecule has 112 valence electrons. The van der Waals surface area contributed by atoms with Crippen molar-refractivity contribution in [1.29, 1.82) is 0 Å². The molecule has 7 heteroatoms. The molecule has 2 N–H and O–H groups in total. The second-order valence-electron chi connectivity index (χ2n) is 4.70. The first-order valence-corrected chi connectivity index (χ1v) is 7.10. The van der Waals surface area contributed by atoms with Gasteiger partial charge in [0.2, 0.25) is 5.91 Å². The summed E-state index contributed by atoms with van der Waals surface area (Å²) in [4.78, 5) is 11.8. The van der Waals surface area contributed by atoms with Gasteiger partial charge in [-0.3, -0.25) is 9.48 Å². The zero-order valence-electron chi connectivity index (χ0n) is 11.4. The zero-order chi connectivity index (χ0) is 15.4. The molecule has 1 amide bonds. The number of nitrogens with zero attached hydrogens (tertiary/aromatic N) is 2. The van der Waals surface area contributed by atoms with Crippen molar-refractivity contribution < 1.29 is 9.90 Å². The van der Waals surface area contributed by atoms with Crippen LogP contribution in [0.5, 0.6) is 0 Å². The highest BCUT2D eigenvalue weighted by Gasteiger charge is 2.13. The fraction of sp³-hybridized carbons (Fsp3) is 0.286. The Morgan fingerprint density at radius 1 is 1.48 bits per heavy atom. The first-order valence-electron chi connectivity index (χ1n) is 6.34. The van der Waals surface area contributed by atoms with Crippen LogP contribution < -0.4 is 5.32 Å². The number of aliphatic hydroxyl groups is 1. The predicted octanol–water partition coefficient (Wildman–Crippen LogP) is 2.35. The lowest BCUT2D eigenvalue weighted by Gasteiger charge is -2.14. The Morgan fingerprint density at radius 2 is 2.24 bits per heavy atom. The lowest BCUT2D eigenvalue weighted by atomic mass is 10.1. The van der Waals surface area contributed by atoms with Crippen LogP contribution in [-0.4, -0.2) is 27.3 Å². The van der Waals surface area contributed by atoms with Gasteiger partial charge in [-0.05, 0) is 24.6 Å². The Hall–Kier alpha value is -1.56. The van der Waals surface area contributed by atoms with Gasteiger partial charge in [-0.15, -0.1) is 0 Å². The van der Waals surface area contributed by atoms with Gasteiger partial charge in [0, 0.05) is 28.4 Å². The molecule has 21 heavy (non-hydrogen) atoms. The summed E-state index contributed by atoms with van der Waals surface area (Å²) in [7, 11) is 0. The largest absolute Gasteiger partial charge is 0.387 e. The maximum atomic E-state index is 11.8. The molecule has 1 atom stereocenters. The van der Waals surface area contributed by atoms with Gasteiger partial charge in [-0.1, -0.05) is 29.3 Å². The highest BCUT2D eigenvalue weighted by Crippen LogP contribution is 2.25. The number of aliphatic hydroxyl groups excluding tert-OH is 1. The third-order valence-corrected chi connectivity index (χ3v) is 3.44. The van der Waals surface area contributed by atoms with Crippen molar-refractivity contribution in [3.05, 3.63) is 51.8 Å². The molecular formula is C14H15Cl2N3O2. The first-order chi connectivity index (χ1) is 9.95. The number of hydrogen-bond acceptors (Lipinski definition) is 3. The van der Waals surface area contributed by atoms with E-state index in [1.807, 2.05) is 6.92 Å². The minimum absolute atomic E-state index is 0.0699. The van der Waals surface area contributed by atoms with Gasteiger partial charge < -0.3 is 10.4 Å². The second-order valence-corrected chi connectivity index (χ2v) is 5.54. The predicted molar refractivity (Wildman–Crippen MR) is 81.4 cm³/mol. The number of amides is 1. The van der Waals surface area contributed by atoms with E-state index < -0.39 is 6.10 Å². The van der Waals surface area contributed by atoms with Crippen LogP contribution in [0.4, 0.5) is 0 Å². The SMILES string of the molecule is Cc1cnn(CC(=O)NC[C@H](O)c2ccc(Cl)cc2Cl)c1. The first kappa shape index (κ1) is 15.8. The van der Waals surface area contributed by atoms with Crippen LogP contribution in [0, 0.1) is 6.92 Å². The molecule has 0 aliphatic carbocycles. The fourth-order valence-electron chi connectivity index (χ4n) is 1.85. The van der Waals surface area contributed by atoms with Gasteiger partial charge >= 0.3 is 0 Å². The number of rotatable bonds is 5. The van der Waals surface area contributed by atoms with Crippen molar-refractivity contribution in [2.45, 2.75) is 19.6 Å². The highest BCUT2D eigenvalue weighted by atomic mass is 35.5. The van der Waals surface area contributed by atoms with Gasteiger partial charge in [0.05, 0.1) is 12.3 Å². The van der Waals surface area contributed by atoms with Crippen molar-refractivity contribution in [1.82, 2.24) is 15.1 Å². The van der Waals surface area contributed by atoms with Crippen LogP contribution in [0.2, 0.25) is 10.0 Å². The van der Waals surface area contributed by atoms with Gasteiger partial charge in [-0.25, -0.2) is 0 Å². The summed E-state index contributed by atoms with van der Waals surface area (Å²) in [5.74, 6) is -0.234. The van der Waals surface area contributed by atoms with Crippen molar-refractivity contribution in [3.8, 4) is 0 Å². The topological polar surface area (TPSA) is 67.2 Å². The number of hydrogen-bond donors (Lipinski definition) is 2. The third kappa shape index (κ3) is 4.46. The molecule has 0 spiro atoms. The van der Waals surface area contributed by atoms with E-state index >= 15 is 0 Å². The Kier molecular flexibility index (Phi) is 5.22. The van der Waals surface area contributed by atoms with E-state index in [0.29, 0.717) is 15.6 Å². The zero-order valence-corrected chi connectivity index (χ0v) is 12.9. The molecule has 0 saturated heterocycles. The third-order valence-electron chi connectivity index (χ3n) is 2.88. The smallest absolute Gasteiger partial charge is 0.241 e. The Morgan fingerprint density at radius 3 is 2.86 bits per heavy atom. The average Bonchev–Trinajstić information content (AvgIpc) is 2.81. The lowest BCUT2D eigenvalue weighted by molar-refractivity contribution is -0.122. The van der Waals surface area contributed by atoms with Gasteiger partial charge in [-0.2, -0.15) is 5.10 Å². The van der Waals surface area contributed by atoms with E-state index in [0.717, 1.165) is 5.56 Å². The second kappa shape index (κ2) is 6.93. The summed E-state index contributed by atoms with van der Waals surface area (Å²) in [6.07, 6.45) is 2.56. The van der Waals surface area contributed by atoms with Gasteiger partial charge in [0.1, 0.15) is 6.54 Å². The molecule has 0 fully saturated rings. The fourth-order valence-corrected chi connectivity index (χ4v) is 2.38. The molecule has 2 aromatic rings. The van der Waals surface area contributed by atoms with Gasteiger partial charge in [0.25, 0.3) is 0 Å². The van der Waals surface area contributed by atoms with Crippen LogP contribution in [0.3, 0.4) is 0 Å². The van der Waals surface area contributed by atoms with E-state index in [1.165, 1.54) is 4.68 Å². The van der Waals surface area contributed by atoms with E-state index in [4.69, 9.17) is 23.2 Å².